The summed E-state index contributed by atoms with van der Waals surface area (Å²) in [5.41, 5.74) is 6.01. The van der Waals surface area contributed by atoms with Crippen molar-refractivity contribution in [2.75, 3.05) is 0 Å². The number of para-hydroxylation sites is 1. The first kappa shape index (κ1) is 17.6. The maximum atomic E-state index is 12.5. The molecule has 0 saturated heterocycles. The molecular formula is C16H11BrN2O4S2. The van der Waals surface area contributed by atoms with E-state index in [2.05, 4.69) is 20.9 Å². The molecule has 0 spiro atoms. The molecule has 25 heavy (non-hydrogen) atoms. The largest absolute Gasteiger partial charge is 0.378 e. The van der Waals surface area contributed by atoms with Gasteiger partial charge in [0.2, 0.25) is 0 Å². The van der Waals surface area contributed by atoms with Gasteiger partial charge in [-0.15, -0.1) is 0 Å². The Bertz CT molecular complexity index is 1030. The van der Waals surface area contributed by atoms with Gasteiger partial charge in [0, 0.05) is 10.0 Å². The molecule has 3 rings (SSSR count). The van der Waals surface area contributed by atoms with E-state index in [9.17, 15) is 13.2 Å². The third-order valence-electron chi connectivity index (χ3n) is 3.17. The number of benzene rings is 2. The number of hydrogen-bond acceptors (Lipinski definition) is 6. The van der Waals surface area contributed by atoms with E-state index in [4.69, 9.17) is 9.92 Å². The third kappa shape index (κ3) is 3.89. The predicted molar refractivity (Wildman–Crippen MR) is 98.0 cm³/mol. The van der Waals surface area contributed by atoms with Crippen LogP contribution >= 0.6 is 27.3 Å². The molecule has 3 aromatic rings. The number of halogens is 1. The predicted octanol–water partition coefficient (Wildman–Crippen LogP) is 3.44. The number of carbonyl (C=O) groups excluding carboxylic acids is 1. The van der Waals surface area contributed by atoms with Crippen LogP contribution < -0.4 is 9.92 Å². The summed E-state index contributed by atoms with van der Waals surface area (Å²) in [5.74, 6) is -0.890. The van der Waals surface area contributed by atoms with Crippen molar-refractivity contribution in [3.8, 4) is 16.3 Å². The van der Waals surface area contributed by atoms with Crippen LogP contribution in [0.15, 0.2) is 63.4 Å². The molecule has 0 bridgehead atoms. The van der Waals surface area contributed by atoms with Gasteiger partial charge >= 0.3 is 10.1 Å². The zero-order valence-electron chi connectivity index (χ0n) is 12.5. The van der Waals surface area contributed by atoms with Crippen molar-refractivity contribution in [2.24, 2.45) is 5.73 Å². The van der Waals surface area contributed by atoms with E-state index in [0.717, 1.165) is 21.4 Å². The minimum Gasteiger partial charge on any atom is -0.378 e. The van der Waals surface area contributed by atoms with Crippen molar-refractivity contribution < 1.29 is 17.4 Å². The fourth-order valence-electron chi connectivity index (χ4n) is 2.00. The first-order valence-corrected chi connectivity index (χ1v) is 9.94. The molecule has 1 heterocycles. The summed E-state index contributed by atoms with van der Waals surface area (Å²) < 4.78 is 30.9. The fourth-order valence-corrected chi connectivity index (χ4v) is 4.32. The maximum Gasteiger partial charge on any atom is 0.350 e. The van der Waals surface area contributed by atoms with E-state index in [0.29, 0.717) is 5.01 Å². The molecular weight excluding hydrogens is 428 g/mol. The van der Waals surface area contributed by atoms with Crippen LogP contribution in [0.1, 0.15) is 10.4 Å². The summed E-state index contributed by atoms with van der Waals surface area (Å²) >= 11 is 4.32. The number of rotatable bonds is 5. The highest BCUT2D eigenvalue weighted by Gasteiger charge is 2.23. The molecule has 6 nitrogen and oxygen atoms in total. The van der Waals surface area contributed by atoms with Gasteiger partial charge in [-0.2, -0.15) is 8.42 Å². The van der Waals surface area contributed by atoms with Crippen LogP contribution in [-0.2, 0) is 10.1 Å². The SMILES string of the molecule is NC(=O)c1ccccc1OS(=O)(=O)c1cnc(-c2ccc(Br)cc2)s1. The van der Waals surface area contributed by atoms with Gasteiger partial charge in [0.15, 0.2) is 9.96 Å². The second-order valence-corrected chi connectivity index (χ2v) is 8.61. The number of hydrogen-bond donors (Lipinski definition) is 1. The van der Waals surface area contributed by atoms with Crippen molar-refractivity contribution in [2.45, 2.75) is 4.21 Å². The molecule has 0 saturated carbocycles. The summed E-state index contributed by atoms with van der Waals surface area (Å²) in [7, 11) is -4.13. The average Bonchev–Trinajstić information content (AvgIpc) is 3.06. The van der Waals surface area contributed by atoms with Crippen LogP contribution in [0.25, 0.3) is 10.6 Å². The summed E-state index contributed by atoms with van der Waals surface area (Å²) in [5, 5.41) is 0.540. The van der Waals surface area contributed by atoms with Gasteiger partial charge in [0.25, 0.3) is 5.91 Å². The van der Waals surface area contributed by atoms with Gasteiger partial charge in [0.05, 0.1) is 11.8 Å². The highest BCUT2D eigenvalue weighted by molar-refractivity contribution is 9.10. The number of carbonyl (C=O) groups is 1. The summed E-state index contributed by atoms with van der Waals surface area (Å²) in [6, 6.07) is 13.2. The van der Waals surface area contributed by atoms with E-state index < -0.39 is 16.0 Å². The zero-order chi connectivity index (χ0) is 18.0. The Labute approximate surface area is 156 Å². The minimum atomic E-state index is -4.13. The Morgan fingerprint density at radius 3 is 2.48 bits per heavy atom. The van der Waals surface area contributed by atoms with Crippen molar-refractivity contribution in [1.82, 2.24) is 4.98 Å². The maximum absolute atomic E-state index is 12.5. The van der Waals surface area contributed by atoms with Gasteiger partial charge in [-0.1, -0.05) is 51.5 Å². The molecule has 0 atom stereocenters. The topological polar surface area (TPSA) is 99.4 Å². The monoisotopic (exact) mass is 438 g/mol. The van der Waals surface area contributed by atoms with E-state index >= 15 is 0 Å². The number of nitrogens with two attached hydrogens (primary N) is 1. The van der Waals surface area contributed by atoms with E-state index in [1.54, 1.807) is 12.1 Å². The lowest BCUT2D eigenvalue weighted by Gasteiger charge is -2.07. The quantitative estimate of drug-likeness (QED) is 0.614. The molecule has 2 aromatic carbocycles. The molecule has 0 unspecified atom stereocenters. The van der Waals surface area contributed by atoms with Gasteiger partial charge < -0.3 is 9.92 Å². The lowest BCUT2D eigenvalue weighted by molar-refractivity contribution is 0.0999. The van der Waals surface area contributed by atoms with Crippen molar-refractivity contribution in [3.05, 3.63) is 64.8 Å². The molecule has 128 valence electrons. The van der Waals surface area contributed by atoms with Crippen molar-refractivity contribution in [3.63, 3.8) is 0 Å². The lowest BCUT2D eigenvalue weighted by atomic mass is 10.2. The normalized spacial score (nSPS) is 11.2. The second kappa shape index (κ2) is 6.95. The lowest BCUT2D eigenvalue weighted by Crippen LogP contribution is -2.15. The zero-order valence-corrected chi connectivity index (χ0v) is 15.8. The van der Waals surface area contributed by atoms with Crippen molar-refractivity contribution in [1.29, 1.82) is 0 Å². The van der Waals surface area contributed by atoms with Crippen molar-refractivity contribution >= 4 is 43.3 Å². The molecule has 1 aromatic heterocycles. The fraction of sp³-hybridized carbons (Fsp3) is 0. The van der Waals surface area contributed by atoms with E-state index in [1.807, 2.05) is 24.3 Å². The Kier molecular flexibility index (Phi) is 4.89. The second-order valence-electron chi connectivity index (χ2n) is 4.89. The first-order valence-electron chi connectivity index (χ1n) is 6.92. The van der Waals surface area contributed by atoms with Crippen LogP contribution in [0.3, 0.4) is 0 Å². The molecule has 0 aliphatic heterocycles. The summed E-state index contributed by atoms with van der Waals surface area (Å²) in [6.45, 7) is 0. The highest BCUT2D eigenvalue weighted by Crippen LogP contribution is 2.31. The van der Waals surface area contributed by atoms with Gasteiger partial charge in [-0.3, -0.25) is 4.79 Å². The Morgan fingerprint density at radius 2 is 1.80 bits per heavy atom. The molecule has 0 aliphatic carbocycles. The Hall–Kier alpha value is -2.23. The van der Waals surface area contributed by atoms with E-state index in [1.165, 1.54) is 18.3 Å². The van der Waals surface area contributed by atoms with Crippen LogP contribution in [0, 0.1) is 0 Å². The van der Waals surface area contributed by atoms with E-state index in [-0.39, 0.29) is 15.5 Å². The molecule has 0 aliphatic rings. The summed E-state index contributed by atoms with van der Waals surface area (Å²) in [6.07, 6.45) is 1.23. The van der Waals surface area contributed by atoms with Crippen LogP contribution in [-0.4, -0.2) is 19.3 Å². The Morgan fingerprint density at radius 1 is 1.12 bits per heavy atom. The van der Waals surface area contributed by atoms with Crippen LogP contribution in [0.4, 0.5) is 0 Å². The smallest absolute Gasteiger partial charge is 0.350 e. The molecule has 0 fully saturated rings. The van der Waals surface area contributed by atoms with Gasteiger partial charge in [-0.25, -0.2) is 4.98 Å². The Balaban J connectivity index is 1.91. The average molecular weight is 439 g/mol. The highest BCUT2D eigenvalue weighted by atomic mass is 79.9. The standard InChI is InChI=1S/C16H11BrN2O4S2/c17-11-7-5-10(6-8-11)16-19-9-14(24-16)25(21,22)23-13-4-2-1-3-12(13)15(18)20/h1-9H,(H2,18,20). The number of nitrogens with zero attached hydrogens (tertiary/aromatic N) is 1. The molecule has 2 N–H and O–H groups in total. The minimum absolute atomic E-state index is 0.0104. The molecule has 9 heteroatoms. The third-order valence-corrected chi connectivity index (χ3v) is 6.40. The van der Waals surface area contributed by atoms with Crippen LogP contribution in [0.2, 0.25) is 0 Å². The van der Waals surface area contributed by atoms with Gasteiger partial charge in [-0.05, 0) is 24.3 Å². The summed E-state index contributed by atoms with van der Waals surface area (Å²) in [4.78, 5) is 15.5. The van der Waals surface area contributed by atoms with Crippen LogP contribution in [0.5, 0.6) is 5.75 Å². The van der Waals surface area contributed by atoms with Gasteiger partial charge in [0.1, 0.15) is 5.01 Å². The molecule has 0 radical (unpaired) electrons. The number of aromatic nitrogens is 1. The number of thiazole rings is 1. The number of primary amides is 1. The first-order chi connectivity index (χ1) is 11.9. The number of amides is 1. The molecule has 1 amide bonds.